The van der Waals surface area contributed by atoms with Gasteiger partial charge in [0.2, 0.25) is 0 Å². The molecule has 3 heteroatoms. The molecule has 1 aromatic rings. The van der Waals surface area contributed by atoms with Crippen LogP contribution in [-0.2, 0) is 16.0 Å². The van der Waals surface area contributed by atoms with Gasteiger partial charge in [-0.25, -0.2) is 0 Å². The van der Waals surface area contributed by atoms with E-state index in [1.165, 1.54) is 11.8 Å². The van der Waals surface area contributed by atoms with Crippen LogP contribution < -0.4 is 0 Å². The summed E-state index contributed by atoms with van der Waals surface area (Å²) in [6.45, 7) is 3.15. The fraction of sp³-hybridized carbons (Fsp3) is 0.286. The topological polar surface area (TPSA) is 34.1 Å². The fourth-order valence-corrected chi connectivity index (χ4v) is 1.87. The van der Waals surface area contributed by atoms with E-state index in [1.54, 1.807) is 13.8 Å². The summed E-state index contributed by atoms with van der Waals surface area (Å²) in [7, 11) is 0. The predicted octanol–water partition coefficient (Wildman–Crippen LogP) is 3.11. The lowest BCUT2D eigenvalue weighted by molar-refractivity contribution is -0.116. The molecule has 0 aliphatic heterocycles. The lowest BCUT2D eigenvalue weighted by Gasteiger charge is -1.99. The molecule has 0 aliphatic rings. The van der Waals surface area contributed by atoms with Gasteiger partial charge in [-0.1, -0.05) is 48.2 Å². The molecule has 1 rings (SSSR count). The molecule has 0 fully saturated rings. The Balaban J connectivity index is 2.59. The summed E-state index contributed by atoms with van der Waals surface area (Å²) in [4.78, 5) is 21.7. The van der Waals surface area contributed by atoms with Gasteiger partial charge >= 0.3 is 0 Å². The largest absolute Gasteiger partial charge is 0.300 e. The summed E-state index contributed by atoms with van der Waals surface area (Å²) < 4.78 is 0. The number of benzene rings is 1. The number of thioether (sulfide) groups is 1. The average molecular weight is 248 g/mol. The molecule has 0 N–H and O–H groups in total. The zero-order valence-electron chi connectivity index (χ0n) is 10.1. The minimum atomic E-state index is 0.125. The number of carbonyl (C=O) groups is 2. The Labute approximate surface area is 106 Å². The van der Waals surface area contributed by atoms with Gasteiger partial charge in [0, 0.05) is 19.1 Å². The maximum atomic E-state index is 11.0. The van der Waals surface area contributed by atoms with Crippen molar-refractivity contribution in [3.63, 3.8) is 0 Å². The number of ketones is 1. The van der Waals surface area contributed by atoms with Crippen molar-refractivity contribution >= 4 is 28.7 Å². The van der Waals surface area contributed by atoms with Crippen LogP contribution in [0, 0.1) is 0 Å². The second-order valence-electron chi connectivity index (χ2n) is 3.83. The molecular formula is C14H16O2S. The van der Waals surface area contributed by atoms with Crippen LogP contribution >= 0.6 is 11.8 Å². The van der Waals surface area contributed by atoms with Gasteiger partial charge in [0.1, 0.15) is 5.78 Å². The van der Waals surface area contributed by atoms with Crippen molar-refractivity contribution in [2.75, 3.05) is 5.75 Å². The number of Topliss-reactive ketones (excluding diaryl/α,β-unsaturated/α-hetero) is 1. The summed E-state index contributed by atoms with van der Waals surface area (Å²) in [5.74, 6) is 0.852. The van der Waals surface area contributed by atoms with E-state index in [0.29, 0.717) is 12.2 Å². The van der Waals surface area contributed by atoms with Crippen LogP contribution in [0.1, 0.15) is 25.0 Å². The zero-order chi connectivity index (χ0) is 12.7. The molecule has 0 aliphatic carbocycles. The van der Waals surface area contributed by atoms with Crippen LogP contribution in [0.4, 0.5) is 0 Å². The second kappa shape index (κ2) is 7.07. The Morgan fingerprint density at radius 2 is 2.06 bits per heavy atom. The predicted molar refractivity (Wildman–Crippen MR) is 73.0 cm³/mol. The van der Waals surface area contributed by atoms with Gasteiger partial charge < -0.3 is 0 Å². The SMILES string of the molecule is CC(=O)Cc1cccc(C=CCSC(C)=O)c1. The van der Waals surface area contributed by atoms with Crippen LogP contribution in [0.25, 0.3) is 6.08 Å². The molecule has 0 bridgehead atoms. The van der Waals surface area contributed by atoms with Crippen LogP contribution in [0.15, 0.2) is 30.3 Å². The molecule has 17 heavy (non-hydrogen) atoms. The van der Waals surface area contributed by atoms with Crippen LogP contribution in [0.5, 0.6) is 0 Å². The fourth-order valence-electron chi connectivity index (χ4n) is 1.44. The van der Waals surface area contributed by atoms with E-state index in [-0.39, 0.29) is 10.9 Å². The lowest BCUT2D eigenvalue weighted by atomic mass is 10.1. The number of hydrogen-bond donors (Lipinski definition) is 0. The Bertz CT molecular complexity index is 436. The molecule has 0 atom stereocenters. The van der Waals surface area contributed by atoms with E-state index in [1.807, 2.05) is 36.4 Å². The number of rotatable bonds is 5. The summed E-state index contributed by atoms with van der Waals surface area (Å²) in [5, 5.41) is 0.125. The second-order valence-corrected chi connectivity index (χ2v) is 5.03. The molecule has 0 aromatic heterocycles. The maximum absolute atomic E-state index is 11.0. The van der Waals surface area contributed by atoms with E-state index in [0.717, 1.165) is 11.1 Å². The van der Waals surface area contributed by atoms with E-state index in [9.17, 15) is 9.59 Å². The van der Waals surface area contributed by atoms with Gasteiger partial charge in [0.05, 0.1) is 0 Å². The molecule has 0 radical (unpaired) electrons. The van der Waals surface area contributed by atoms with Crippen molar-refractivity contribution in [3.8, 4) is 0 Å². The average Bonchev–Trinajstić information content (AvgIpc) is 2.24. The minimum absolute atomic E-state index is 0.125. The normalized spacial score (nSPS) is 10.7. The van der Waals surface area contributed by atoms with Crippen molar-refractivity contribution in [2.45, 2.75) is 20.3 Å². The first-order valence-electron chi connectivity index (χ1n) is 5.46. The van der Waals surface area contributed by atoms with Gasteiger partial charge in [-0.2, -0.15) is 0 Å². The maximum Gasteiger partial charge on any atom is 0.186 e. The highest BCUT2D eigenvalue weighted by Crippen LogP contribution is 2.09. The van der Waals surface area contributed by atoms with E-state index in [4.69, 9.17) is 0 Å². The first-order chi connectivity index (χ1) is 8.08. The molecule has 0 spiro atoms. The molecular weight excluding hydrogens is 232 g/mol. The Hall–Kier alpha value is -1.35. The van der Waals surface area contributed by atoms with Gasteiger partial charge in [-0.3, -0.25) is 9.59 Å². The highest BCUT2D eigenvalue weighted by molar-refractivity contribution is 8.13. The van der Waals surface area contributed by atoms with Crippen LogP contribution in [-0.4, -0.2) is 16.7 Å². The van der Waals surface area contributed by atoms with Gasteiger partial charge in [-0.15, -0.1) is 0 Å². The number of hydrogen-bond acceptors (Lipinski definition) is 3. The monoisotopic (exact) mass is 248 g/mol. The molecule has 0 saturated carbocycles. The third-order valence-electron chi connectivity index (χ3n) is 2.10. The first-order valence-corrected chi connectivity index (χ1v) is 6.45. The summed E-state index contributed by atoms with van der Waals surface area (Å²) in [6, 6.07) is 7.87. The van der Waals surface area contributed by atoms with Crippen molar-refractivity contribution in [1.29, 1.82) is 0 Å². The molecule has 1 aromatic carbocycles. The molecule has 0 amide bonds. The highest BCUT2D eigenvalue weighted by Gasteiger charge is 1.97. The smallest absolute Gasteiger partial charge is 0.186 e. The molecule has 0 heterocycles. The van der Waals surface area contributed by atoms with Crippen LogP contribution in [0.3, 0.4) is 0 Å². The standard InChI is InChI=1S/C14H16O2S/c1-11(15)9-14-6-3-5-13(10-14)7-4-8-17-12(2)16/h3-7,10H,8-9H2,1-2H3. The Morgan fingerprint density at radius 3 is 2.71 bits per heavy atom. The lowest BCUT2D eigenvalue weighted by Crippen LogP contribution is -1.95. The third kappa shape index (κ3) is 6.07. The quantitative estimate of drug-likeness (QED) is 0.803. The van der Waals surface area contributed by atoms with Crippen molar-refractivity contribution < 1.29 is 9.59 Å². The summed E-state index contributed by atoms with van der Waals surface area (Å²) >= 11 is 1.29. The number of carbonyl (C=O) groups excluding carboxylic acids is 2. The van der Waals surface area contributed by atoms with E-state index < -0.39 is 0 Å². The highest BCUT2D eigenvalue weighted by atomic mass is 32.2. The Kier molecular flexibility index (Phi) is 5.70. The minimum Gasteiger partial charge on any atom is -0.300 e. The third-order valence-corrected chi connectivity index (χ3v) is 2.86. The molecule has 90 valence electrons. The van der Waals surface area contributed by atoms with Gasteiger partial charge in [0.25, 0.3) is 0 Å². The van der Waals surface area contributed by atoms with Crippen LogP contribution in [0.2, 0.25) is 0 Å². The summed E-state index contributed by atoms with van der Waals surface area (Å²) in [6.07, 6.45) is 4.41. The van der Waals surface area contributed by atoms with Gasteiger partial charge in [0.15, 0.2) is 5.12 Å². The van der Waals surface area contributed by atoms with Crippen molar-refractivity contribution in [1.82, 2.24) is 0 Å². The first kappa shape index (κ1) is 13.7. The molecule has 0 unspecified atom stereocenters. The molecule has 0 saturated heterocycles. The zero-order valence-corrected chi connectivity index (χ0v) is 10.9. The van der Waals surface area contributed by atoms with Gasteiger partial charge in [-0.05, 0) is 18.1 Å². The molecule has 2 nitrogen and oxygen atoms in total. The van der Waals surface area contributed by atoms with E-state index >= 15 is 0 Å². The van der Waals surface area contributed by atoms with Crippen molar-refractivity contribution in [2.24, 2.45) is 0 Å². The summed E-state index contributed by atoms with van der Waals surface area (Å²) in [5.41, 5.74) is 2.09. The Morgan fingerprint density at radius 1 is 1.29 bits per heavy atom. The van der Waals surface area contributed by atoms with E-state index in [2.05, 4.69) is 0 Å². The van der Waals surface area contributed by atoms with Crippen molar-refractivity contribution in [3.05, 3.63) is 41.5 Å².